The molecule has 0 fully saturated rings. The van der Waals surface area contributed by atoms with Crippen LogP contribution in [0.1, 0.15) is 43.4 Å². The molecule has 0 spiro atoms. The number of benzene rings is 2. The number of amides is 1. The topological polar surface area (TPSA) is 111 Å². The fraction of sp³-hybridized carbons (Fsp3) is 0.333. The number of aromatic nitrogens is 4. The largest absolute Gasteiger partial charge is 0.399 e. The number of nitrogens with one attached hydrogen (secondary N) is 2. The molecule has 1 aromatic heterocycles. The van der Waals surface area contributed by atoms with Crippen LogP contribution in [-0.4, -0.2) is 32.2 Å². The molecule has 29 heavy (non-hydrogen) atoms. The third-order valence-electron chi connectivity index (χ3n) is 5.30. The molecule has 8 nitrogen and oxygen atoms in total. The highest BCUT2D eigenvalue weighted by Crippen LogP contribution is 2.31. The van der Waals surface area contributed by atoms with Gasteiger partial charge >= 0.3 is 0 Å². The minimum atomic E-state index is -0.442. The monoisotopic (exact) mass is 391 g/mol. The van der Waals surface area contributed by atoms with E-state index in [1.54, 1.807) is 4.68 Å². The molecule has 2 unspecified atom stereocenters. The minimum Gasteiger partial charge on any atom is -0.399 e. The predicted octanol–water partition coefficient (Wildman–Crippen LogP) is 2.63. The van der Waals surface area contributed by atoms with Gasteiger partial charge in [0.25, 0.3) is 0 Å². The fourth-order valence-corrected chi connectivity index (χ4v) is 3.79. The van der Waals surface area contributed by atoms with Crippen molar-refractivity contribution in [2.24, 2.45) is 0 Å². The Balaban J connectivity index is 1.49. The lowest BCUT2D eigenvalue weighted by Gasteiger charge is -2.28. The Morgan fingerprint density at radius 1 is 1.28 bits per heavy atom. The van der Waals surface area contributed by atoms with Crippen LogP contribution in [0.25, 0.3) is 5.69 Å². The zero-order valence-corrected chi connectivity index (χ0v) is 16.4. The van der Waals surface area contributed by atoms with Crippen LogP contribution in [0.5, 0.6) is 0 Å². The van der Waals surface area contributed by atoms with Crippen LogP contribution in [0, 0.1) is 0 Å². The van der Waals surface area contributed by atoms with Crippen molar-refractivity contribution in [3.63, 3.8) is 0 Å². The summed E-state index contributed by atoms with van der Waals surface area (Å²) in [4.78, 5) is 13.0. The summed E-state index contributed by atoms with van der Waals surface area (Å²) < 4.78 is 1.59. The molecule has 0 bridgehead atoms. The number of hydrogen-bond acceptors (Lipinski definition) is 6. The number of rotatable bonds is 6. The lowest BCUT2D eigenvalue weighted by molar-refractivity contribution is -0.122. The Hall–Kier alpha value is -3.42. The van der Waals surface area contributed by atoms with Gasteiger partial charge in [0.1, 0.15) is 6.04 Å². The quantitative estimate of drug-likeness (QED) is 0.557. The zero-order chi connectivity index (χ0) is 20.2. The van der Waals surface area contributed by atoms with Crippen LogP contribution in [0.4, 0.5) is 11.6 Å². The number of hydrogen-bond donors (Lipinski definition) is 3. The van der Waals surface area contributed by atoms with Crippen LogP contribution in [0.15, 0.2) is 48.5 Å². The molecule has 1 aliphatic rings. The number of nitrogens with zero attached hydrogens (tertiary/aromatic N) is 4. The third kappa shape index (κ3) is 4.06. The SMILES string of the molecule is CCC(Nc1nnnn1-c1ccccc1)C(=O)NC1CCCc2cc(N)ccc21. The van der Waals surface area contributed by atoms with E-state index < -0.39 is 6.04 Å². The molecule has 8 heteroatoms. The number of para-hydroxylation sites is 1. The molecular formula is C21H25N7O. The molecule has 0 radical (unpaired) electrons. The number of nitrogen functional groups attached to an aromatic ring is 1. The summed E-state index contributed by atoms with van der Waals surface area (Å²) in [5.41, 5.74) is 9.88. The van der Waals surface area contributed by atoms with Gasteiger partial charge in [0.2, 0.25) is 11.9 Å². The highest BCUT2D eigenvalue weighted by Gasteiger charge is 2.26. The number of tetrazole rings is 1. The van der Waals surface area contributed by atoms with Crippen LogP contribution >= 0.6 is 0 Å². The van der Waals surface area contributed by atoms with Crippen molar-refractivity contribution in [1.29, 1.82) is 0 Å². The number of anilines is 2. The van der Waals surface area contributed by atoms with E-state index in [-0.39, 0.29) is 11.9 Å². The number of aryl methyl sites for hydroxylation is 1. The summed E-state index contributed by atoms with van der Waals surface area (Å²) in [6.45, 7) is 1.96. The molecule has 0 saturated heterocycles. The van der Waals surface area contributed by atoms with Gasteiger partial charge in [-0.05, 0) is 71.5 Å². The Morgan fingerprint density at radius 2 is 2.10 bits per heavy atom. The van der Waals surface area contributed by atoms with Crippen molar-refractivity contribution in [1.82, 2.24) is 25.5 Å². The van der Waals surface area contributed by atoms with Crippen molar-refractivity contribution >= 4 is 17.5 Å². The normalized spacial score (nSPS) is 16.7. The lowest BCUT2D eigenvalue weighted by atomic mass is 9.87. The molecule has 1 heterocycles. The molecular weight excluding hydrogens is 366 g/mol. The Kier molecular flexibility index (Phi) is 5.41. The predicted molar refractivity (Wildman–Crippen MR) is 112 cm³/mol. The van der Waals surface area contributed by atoms with E-state index in [2.05, 4.69) is 26.2 Å². The standard InChI is InChI=1S/C21H25N7O/c1-2-18(24-21-25-26-27-28(21)16-8-4-3-5-9-16)20(29)23-19-10-6-7-14-13-15(22)11-12-17(14)19/h3-5,8-9,11-13,18-19H,2,6-7,10,22H2,1H3,(H,23,29)(H,24,25,27). The first-order chi connectivity index (χ1) is 14.2. The van der Waals surface area contributed by atoms with Crippen LogP contribution in [-0.2, 0) is 11.2 Å². The van der Waals surface area contributed by atoms with Gasteiger partial charge in [-0.15, -0.1) is 0 Å². The summed E-state index contributed by atoms with van der Waals surface area (Å²) in [6, 6.07) is 15.1. The Morgan fingerprint density at radius 3 is 2.90 bits per heavy atom. The van der Waals surface area contributed by atoms with E-state index in [9.17, 15) is 4.79 Å². The molecule has 1 amide bonds. The van der Waals surface area contributed by atoms with Gasteiger partial charge < -0.3 is 16.4 Å². The first-order valence-corrected chi connectivity index (χ1v) is 9.94. The molecule has 2 aromatic carbocycles. The average Bonchev–Trinajstić information content (AvgIpc) is 3.20. The Bertz CT molecular complexity index is 986. The highest BCUT2D eigenvalue weighted by molar-refractivity contribution is 5.84. The highest BCUT2D eigenvalue weighted by atomic mass is 16.2. The summed E-state index contributed by atoms with van der Waals surface area (Å²) in [5, 5.41) is 18.2. The first kappa shape index (κ1) is 18.9. The van der Waals surface area contributed by atoms with E-state index in [1.165, 1.54) is 5.56 Å². The third-order valence-corrected chi connectivity index (χ3v) is 5.30. The molecule has 4 N–H and O–H groups in total. The van der Waals surface area contributed by atoms with Gasteiger partial charge in [-0.2, -0.15) is 4.68 Å². The first-order valence-electron chi connectivity index (χ1n) is 9.94. The van der Waals surface area contributed by atoms with Crippen molar-refractivity contribution in [3.8, 4) is 5.69 Å². The summed E-state index contributed by atoms with van der Waals surface area (Å²) in [5.74, 6) is 0.375. The molecule has 1 aliphatic carbocycles. The second-order valence-electron chi connectivity index (χ2n) is 7.27. The van der Waals surface area contributed by atoms with Crippen molar-refractivity contribution in [3.05, 3.63) is 59.7 Å². The molecule has 150 valence electrons. The van der Waals surface area contributed by atoms with E-state index in [0.29, 0.717) is 12.4 Å². The molecule has 0 aliphatic heterocycles. The van der Waals surface area contributed by atoms with E-state index in [1.807, 2.05) is 55.5 Å². The lowest BCUT2D eigenvalue weighted by Crippen LogP contribution is -2.42. The van der Waals surface area contributed by atoms with E-state index in [0.717, 1.165) is 36.2 Å². The fourth-order valence-electron chi connectivity index (χ4n) is 3.79. The summed E-state index contributed by atoms with van der Waals surface area (Å²) in [6.07, 6.45) is 3.54. The second kappa shape index (κ2) is 8.30. The number of carbonyl (C=O) groups excluding carboxylic acids is 1. The van der Waals surface area contributed by atoms with Gasteiger partial charge in [0.15, 0.2) is 0 Å². The van der Waals surface area contributed by atoms with Crippen molar-refractivity contribution in [2.75, 3.05) is 11.1 Å². The maximum atomic E-state index is 13.0. The number of carbonyl (C=O) groups is 1. The summed E-state index contributed by atoms with van der Waals surface area (Å²) >= 11 is 0. The molecule has 0 saturated carbocycles. The minimum absolute atomic E-state index is 0.00665. The summed E-state index contributed by atoms with van der Waals surface area (Å²) in [7, 11) is 0. The zero-order valence-electron chi connectivity index (χ0n) is 16.4. The maximum Gasteiger partial charge on any atom is 0.248 e. The maximum absolute atomic E-state index is 13.0. The van der Waals surface area contributed by atoms with E-state index in [4.69, 9.17) is 5.73 Å². The van der Waals surface area contributed by atoms with Crippen LogP contribution in [0.3, 0.4) is 0 Å². The molecule has 3 aromatic rings. The van der Waals surface area contributed by atoms with Crippen LogP contribution in [0.2, 0.25) is 0 Å². The molecule has 4 rings (SSSR count). The van der Waals surface area contributed by atoms with E-state index >= 15 is 0 Å². The van der Waals surface area contributed by atoms with Gasteiger partial charge in [-0.25, -0.2) is 0 Å². The van der Waals surface area contributed by atoms with Gasteiger partial charge in [-0.3, -0.25) is 4.79 Å². The van der Waals surface area contributed by atoms with Gasteiger partial charge in [-0.1, -0.05) is 36.3 Å². The average molecular weight is 391 g/mol. The smallest absolute Gasteiger partial charge is 0.248 e. The van der Waals surface area contributed by atoms with Crippen molar-refractivity contribution in [2.45, 2.75) is 44.7 Å². The van der Waals surface area contributed by atoms with Gasteiger partial charge in [0, 0.05) is 5.69 Å². The second-order valence-corrected chi connectivity index (χ2v) is 7.27. The Labute approximate surface area is 169 Å². The number of nitrogens with two attached hydrogens (primary N) is 1. The van der Waals surface area contributed by atoms with Crippen LogP contribution < -0.4 is 16.4 Å². The van der Waals surface area contributed by atoms with Crippen molar-refractivity contribution < 1.29 is 4.79 Å². The molecule has 2 atom stereocenters. The van der Waals surface area contributed by atoms with Gasteiger partial charge in [0.05, 0.1) is 11.7 Å². The number of fused-ring (bicyclic) bond motifs is 1.